The first kappa shape index (κ1) is 15.3. The van der Waals surface area contributed by atoms with E-state index in [-0.39, 0.29) is 6.04 Å². The number of hydrazine groups is 1. The standard InChI is InChI=1S/C13H17Cl2N5/c1-2-5-20-13(8-17-19-20)12(18-16)6-9-3-4-10(14)7-11(9)15/h3-4,7-8,12,18H,2,5-6,16H2,1H3. The summed E-state index contributed by atoms with van der Waals surface area (Å²) in [6, 6.07) is 5.35. The van der Waals surface area contributed by atoms with Crippen LogP contribution in [0.25, 0.3) is 0 Å². The Balaban J connectivity index is 2.22. The van der Waals surface area contributed by atoms with Crippen molar-refractivity contribution < 1.29 is 0 Å². The quantitative estimate of drug-likeness (QED) is 0.635. The van der Waals surface area contributed by atoms with Gasteiger partial charge in [-0.05, 0) is 30.5 Å². The molecule has 0 saturated carbocycles. The monoisotopic (exact) mass is 313 g/mol. The second kappa shape index (κ2) is 7.04. The Bertz CT molecular complexity index is 570. The van der Waals surface area contributed by atoms with Gasteiger partial charge in [0.25, 0.3) is 0 Å². The van der Waals surface area contributed by atoms with Crippen molar-refractivity contribution in [1.82, 2.24) is 20.4 Å². The molecule has 0 spiro atoms. The molecule has 0 bridgehead atoms. The number of hydrogen-bond donors (Lipinski definition) is 2. The van der Waals surface area contributed by atoms with Gasteiger partial charge in [0.2, 0.25) is 0 Å². The Kier molecular flexibility index (Phi) is 5.37. The molecule has 0 fully saturated rings. The first-order chi connectivity index (χ1) is 9.65. The van der Waals surface area contributed by atoms with E-state index in [1.807, 2.05) is 16.8 Å². The Morgan fingerprint density at radius 1 is 1.40 bits per heavy atom. The van der Waals surface area contributed by atoms with Gasteiger partial charge in [-0.25, -0.2) is 4.68 Å². The summed E-state index contributed by atoms with van der Waals surface area (Å²) in [4.78, 5) is 0. The van der Waals surface area contributed by atoms with Gasteiger partial charge in [0.1, 0.15) is 0 Å². The average Bonchev–Trinajstić information content (AvgIpc) is 2.87. The van der Waals surface area contributed by atoms with Crippen LogP contribution in [-0.4, -0.2) is 15.0 Å². The van der Waals surface area contributed by atoms with Crippen molar-refractivity contribution in [2.24, 2.45) is 5.84 Å². The number of nitrogens with one attached hydrogen (secondary N) is 1. The SMILES string of the molecule is CCCn1nncc1C(Cc1ccc(Cl)cc1Cl)NN. The van der Waals surface area contributed by atoms with Gasteiger partial charge in [0.15, 0.2) is 0 Å². The number of nitrogens with zero attached hydrogens (tertiary/aromatic N) is 3. The van der Waals surface area contributed by atoms with Crippen LogP contribution in [-0.2, 0) is 13.0 Å². The van der Waals surface area contributed by atoms with Gasteiger partial charge in [-0.3, -0.25) is 11.3 Å². The first-order valence-corrected chi connectivity index (χ1v) is 7.19. The fourth-order valence-corrected chi connectivity index (χ4v) is 2.56. The summed E-state index contributed by atoms with van der Waals surface area (Å²) < 4.78 is 1.86. The number of rotatable bonds is 6. The van der Waals surface area contributed by atoms with Gasteiger partial charge in [0.05, 0.1) is 17.9 Å². The second-order valence-corrected chi connectivity index (χ2v) is 5.38. The molecule has 1 atom stereocenters. The van der Waals surface area contributed by atoms with Crippen molar-refractivity contribution in [1.29, 1.82) is 0 Å². The topological polar surface area (TPSA) is 68.8 Å². The van der Waals surface area contributed by atoms with Gasteiger partial charge < -0.3 is 0 Å². The Hall–Kier alpha value is -1.14. The summed E-state index contributed by atoms with van der Waals surface area (Å²) in [6.07, 6.45) is 3.35. The smallest absolute Gasteiger partial charge is 0.0773 e. The number of aryl methyl sites for hydroxylation is 1. The summed E-state index contributed by atoms with van der Waals surface area (Å²) in [5, 5.41) is 9.27. The zero-order valence-corrected chi connectivity index (χ0v) is 12.7. The highest BCUT2D eigenvalue weighted by Crippen LogP contribution is 2.25. The zero-order chi connectivity index (χ0) is 14.5. The van der Waals surface area contributed by atoms with Crippen LogP contribution in [0.5, 0.6) is 0 Å². The fourth-order valence-electron chi connectivity index (χ4n) is 2.08. The molecule has 3 N–H and O–H groups in total. The number of hydrogen-bond acceptors (Lipinski definition) is 4. The molecule has 0 radical (unpaired) electrons. The summed E-state index contributed by atoms with van der Waals surface area (Å²) in [5.41, 5.74) is 4.72. The molecular formula is C13H17Cl2N5. The molecule has 7 heteroatoms. The van der Waals surface area contributed by atoms with Crippen LogP contribution < -0.4 is 11.3 Å². The van der Waals surface area contributed by atoms with Crippen LogP contribution in [0.3, 0.4) is 0 Å². The lowest BCUT2D eigenvalue weighted by Crippen LogP contribution is -2.31. The van der Waals surface area contributed by atoms with E-state index in [0.29, 0.717) is 16.5 Å². The van der Waals surface area contributed by atoms with Crippen LogP contribution in [0.2, 0.25) is 10.0 Å². The highest BCUT2D eigenvalue weighted by molar-refractivity contribution is 6.35. The number of aromatic nitrogens is 3. The molecule has 20 heavy (non-hydrogen) atoms. The molecule has 1 heterocycles. The van der Waals surface area contributed by atoms with Crippen molar-refractivity contribution in [3.05, 3.63) is 45.7 Å². The lowest BCUT2D eigenvalue weighted by Gasteiger charge is -2.17. The molecule has 1 aromatic carbocycles. The molecule has 2 aromatic rings. The van der Waals surface area contributed by atoms with Gasteiger partial charge in [-0.2, -0.15) is 0 Å². The van der Waals surface area contributed by atoms with Gasteiger partial charge in [-0.1, -0.05) is 41.4 Å². The minimum absolute atomic E-state index is 0.102. The molecular weight excluding hydrogens is 297 g/mol. The van der Waals surface area contributed by atoms with Crippen LogP contribution in [0.4, 0.5) is 0 Å². The minimum Gasteiger partial charge on any atom is -0.271 e. The maximum absolute atomic E-state index is 6.20. The van der Waals surface area contributed by atoms with E-state index in [1.165, 1.54) is 0 Å². The molecule has 1 unspecified atom stereocenters. The van der Waals surface area contributed by atoms with Crippen molar-refractivity contribution in [3.63, 3.8) is 0 Å². The van der Waals surface area contributed by atoms with Gasteiger partial charge in [-0.15, -0.1) is 5.10 Å². The third kappa shape index (κ3) is 3.49. The molecule has 0 aliphatic carbocycles. The molecule has 5 nitrogen and oxygen atoms in total. The number of nitrogens with two attached hydrogens (primary N) is 1. The highest BCUT2D eigenvalue weighted by atomic mass is 35.5. The molecule has 0 aliphatic heterocycles. The van der Waals surface area contributed by atoms with Gasteiger partial charge in [0, 0.05) is 16.6 Å². The largest absolute Gasteiger partial charge is 0.271 e. The Morgan fingerprint density at radius 3 is 2.85 bits per heavy atom. The molecule has 0 amide bonds. The zero-order valence-electron chi connectivity index (χ0n) is 11.2. The predicted molar refractivity (Wildman–Crippen MR) is 80.5 cm³/mol. The second-order valence-electron chi connectivity index (χ2n) is 4.54. The van der Waals surface area contributed by atoms with E-state index in [0.717, 1.165) is 24.2 Å². The van der Waals surface area contributed by atoms with E-state index in [2.05, 4.69) is 22.7 Å². The van der Waals surface area contributed by atoms with Crippen LogP contribution >= 0.6 is 23.2 Å². The van der Waals surface area contributed by atoms with Gasteiger partial charge >= 0.3 is 0 Å². The molecule has 108 valence electrons. The maximum Gasteiger partial charge on any atom is 0.0773 e. The number of benzene rings is 1. The molecule has 2 rings (SSSR count). The van der Waals surface area contributed by atoms with Crippen LogP contribution in [0, 0.1) is 0 Å². The Labute approximate surface area is 128 Å². The van der Waals surface area contributed by atoms with Crippen molar-refractivity contribution in [3.8, 4) is 0 Å². The van der Waals surface area contributed by atoms with Crippen molar-refractivity contribution in [2.45, 2.75) is 32.4 Å². The maximum atomic E-state index is 6.20. The van der Waals surface area contributed by atoms with E-state index < -0.39 is 0 Å². The van der Waals surface area contributed by atoms with Crippen molar-refractivity contribution >= 4 is 23.2 Å². The van der Waals surface area contributed by atoms with Crippen molar-refractivity contribution in [2.75, 3.05) is 0 Å². The summed E-state index contributed by atoms with van der Waals surface area (Å²) in [7, 11) is 0. The predicted octanol–water partition coefficient (Wildman–Crippen LogP) is 2.74. The normalized spacial score (nSPS) is 12.6. The van der Waals surface area contributed by atoms with Crippen LogP contribution in [0.15, 0.2) is 24.4 Å². The van der Waals surface area contributed by atoms with Crippen LogP contribution in [0.1, 0.15) is 30.6 Å². The lowest BCUT2D eigenvalue weighted by molar-refractivity contribution is 0.474. The number of halogens is 2. The van der Waals surface area contributed by atoms with E-state index >= 15 is 0 Å². The summed E-state index contributed by atoms with van der Waals surface area (Å²) in [5.74, 6) is 5.67. The fraction of sp³-hybridized carbons (Fsp3) is 0.385. The lowest BCUT2D eigenvalue weighted by atomic mass is 10.0. The molecule has 1 aromatic heterocycles. The van der Waals surface area contributed by atoms with E-state index in [1.54, 1.807) is 12.3 Å². The van der Waals surface area contributed by atoms with E-state index in [4.69, 9.17) is 29.0 Å². The third-order valence-corrected chi connectivity index (χ3v) is 3.67. The molecule has 0 saturated heterocycles. The third-order valence-electron chi connectivity index (χ3n) is 3.08. The minimum atomic E-state index is -0.102. The highest BCUT2D eigenvalue weighted by Gasteiger charge is 2.17. The van der Waals surface area contributed by atoms with E-state index in [9.17, 15) is 0 Å². The average molecular weight is 314 g/mol. The Morgan fingerprint density at radius 2 is 2.20 bits per heavy atom. The first-order valence-electron chi connectivity index (χ1n) is 6.44. The molecule has 0 aliphatic rings. The summed E-state index contributed by atoms with van der Waals surface area (Å²) in [6.45, 7) is 2.90. The summed E-state index contributed by atoms with van der Waals surface area (Å²) >= 11 is 12.1.